The summed E-state index contributed by atoms with van der Waals surface area (Å²) in [6.45, 7) is 0. The third-order valence-electron chi connectivity index (χ3n) is 4.37. The van der Waals surface area contributed by atoms with E-state index in [0.29, 0.717) is 26.6 Å². The second-order valence-corrected chi connectivity index (χ2v) is 9.00. The molecule has 9 heteroatoms. The van der Waals surface area contributed by atoms with Gasteiger partial charge in [0, 0.05) is 27.7 Å². The molecule has 0 fully saturated rings. The molecule has 0 atom stereocenters. The number of thiophene rings is 1. The summed E-state index contributed by atoms with van der Waals surface area (Å²) in [5.41, 5.74) is 0.616. The van der Waals surface area contributed by atoms with Gasteiger partial charge < -0.3 is 9.30 Å². The first-order valence-corrected chi connectivity index (χ1v) is 11.1. The van der Waals surface area contributed by atoms with Gasteiger partial charge in [0.2, 0.25) is 0 Å². The van der Waals surface area contributed by atoms with Gasteiger partial charge in [0.1, 0.15) is 5.75 Å². The fourth-order valence-corrected chi connectivity index (χ4v) is 5.30. The summed E-state index contributed by atoms with van der Waals surface area (Å²) in [5, 5.41) is 11.4. The fourth-order valence-electron chi connectivity index (χ4n) is 2.80. The first kappa shape index (κ1) is 20.2. The Labute approximate surface area is 185 Å². The van der Waals surface area contributed by atoms with Crippen LogP contribution in [0, 0.1) is 0 Å². The van der Waals surface area contributed by atoms with Gasteiger partial charge in [0.15, 0.2) is 16.8 Å². The maximum Gasteiger partial charge on any atom is 0.191 e. The largest absolute Gasteiger partial charge is 0.497 e. The number of ketones is 1. The van der Waals surface area contributed by atoms with Crippen LogP contribution in [0.1, 0.15) is 10.4 Å². The minimum absolute atomic E-state index is 0.00297. The number of methoxy groups -OCH3 is 1. The molecule has 2 heterocycles. The van der Waals surface area contributed by atoms with Gasteiger partial charge in [-0.25, -0.2) is 0 Å². The lowest BCUT2D eigenvalue weighted by molar-refractivity contribution is 0.102. The van der Waals surface area contributed by atoms with Crippen LogP contribution in [0.2, 0.25) is 10.0 Å². The van der Waals surface area contributed by atoms with Crippen LogP contribution < -0.4 is 4.74 Å². The Morgan fingerprint density at radius 2 is 1.93 bits per heavy atom. The van der Waals surface area contributed by atoms with Crippen molar-refractivity contribution in [2.75, 3.05) is 12.9 Å². The summed E-state index contributed by atoms with van der Waals surface area (Å²) in [6, 6.07) is 12.6. The van der Waals surface area contributed by atoms with Gasteiger partial charge in [-0.3, -0.25) is 4.79 Å². The average molecular weight is 464 g/mol. The van der Waals surface area contributed by atoms with Gasteiger partial charge in [0.05, 0.1) is 22.8 Å². The molecule has 0 aliphatic rings. The number of thioether (sulfide) groups is 1. The van der Waals surface area contributed by atoms with Crippen LogP contribution in [-0.4, -0.2) is 33.4 Å². The number of Topliss-reactive ketones (excluding diaryl/α,β-unsaturated/α-hetero) is 1. The number of benzene rings is 2. The molecule has 0 amide bonds. The molecular weight excluding hydrogens is 449 g/mol. The minimum atomic E-state index is 0.00297. The molecule has 4 aromatic rings. The summed E-state index contributed by atoms with van der Waals surface area (Å²) < 4.78 is 8.16. The SMILES string of the molecule is COc1ccc2c(Cl)c(-c3nnc(SCC(=O)c4ccc(Cl)cc4)n3C)sc2c1. The molecule has 29 heavy (non-hydrogen) atoms. The number of halogens is 2. The number of hydrogen-bond donors (Lipinski definition) is 0. The van der Waals surface area contributed by atoms with E-state index in [2.05, 4.69) is 10.2 Å². The van der Waals surface area contributed by atoms with Crippen molar-refractivity contribution in [1.82, 2.24) is 14.8 Å². The van der Waals surface area contributed by atoms with E-state index in [1.54, 1.807) is 31.4 Å². The summed E-state index contributed by atoms with van der Waals surface area (Å²) in [5.74, 6) is 1.70. The third kappa shape index (κ3) is 4.00. The maximum atomic E-state index is 12.4. The van der Waals surface area contributed by atoms with Crippen LogP contribution in [0.4, 0.5) is 0 Å². The second-order valence-electron chi connectivity index (χ2n) is 6.19. The van der Waals surface area contributed by atoms with E-state index in [0.717, 1.165) is 20.7 Å². The molecule has 4 rings (SSSR count). The molecule has 0 aliphatic carbocycles. The maximum absolute atomic E-state index is 12.4. The van der Waals surface area contributed by atoms with Crippen LogP contribution in [0.5, 0.6) is 5.75 Å². The van der Waals surface area contributed by atoms with Crippen molar-refractivity contribution >= 4 is 62.2 Å². The molecule has 148 valence electrons. The molecule has 0 unspecified atom stereocenters. The monoisotopic (exact) mass is 463 g/mol. The van der Waals surface area contributed by atoms with Crippen LogP contribution in [0.15, 0.2) is 47.6 Å². The van der Waals surface area contributed by atoms with Crippen molar-refractivity contribution < 1.29 is 9.53 Å². The van der Waals surface area contributed by atoms with E-state index < -0.39 is 0 Å². The zero-order valence-electron chi connectivity index (χ0n) is 15.5. The van der Waals surface area contributed by atoms with Crippen molar-refractivity contribution in [1.29, 1.82) is 0 Å². The Kier molecular flexibility index (Phi) is 5.83. The quantitative estimate of drug-likeness (QED) is 0.259. The molecule has 0 aliphatic heterocycles. The average Bonchev–Trinajstić information content (AvgIpc) is 3.25. The Hall–Kier alpha value is -2.06. The number of nitrogens with zero attached hydrogens (tertiary/aromatic N) is 3. The molecule has 0 N–H and O–H groups in total. The second kappa shape index (κ2) is 8.36. The van der Waals surface area contributed by atoms with Crippen molar-refractivity contribution in [2.24, 2.45) is 7.05 Å². The molecule has 0 spiro atoms. The topological polar surface area (TPSA) is 57.0 Å². The molecule has 2 aromatic heterocycles. The Morgan fingerprint density at radius 3 is 2.66 bits per heavy atom. The lowest BCUT2D eigenvalue weighted by Crippen LogP contribution is -2.03. The molecule has 0 radical (unpaired) electrons. The first-order chi connectivity index (χ1) is 14.0. The van der Waals surface area contributed by atoms with E-state index in [9.17, 15) is 4.79 Å². The van der Waals surface area contributed by atoms with Gasteiger partial charge in [0.25, 0.3) is 0 Å². The summed E-state index contributed by atoms with van der Waals surface area (Å²) in [4.78, 5) is 13.2. The zero-order chi connectivity index (χ0) is 20.5. The highest BCUT2D eigenvalue weighted by Gasteiger charge is 2.20. The number of ether oxygens (including phenoxy) is 1. The molecular formula is C20H15Cl2N3O2S2. The molecule has 0 bridgehead atoms. The lowest BCUT2D eigenvalue weighted by atomic mass is 10.1. The normalized spacial score (nSPS) is 11.2. The van der Waals surface area contributed by atoms with Crippen molar-refractivity contribution in [3.63, 3.8) is 0 Å². The number of aromatic nitrogens is 3. The van der Waals surface area contributed by atoms with Gasteiger partial charge in [-0.05, 0) is 42.5 Å². The van der Waals surface area contributed by atoms with Gasteiger partial charge >= 0.3 is 0 Å². The van der Waals surface area contributed by atoms with Crippen LogP contribution in [0.25, 0.3) is 20.8 Å². The lowest BCUT2D eigenvalue weighted by Gasteiger charge is -2.03. The van der Waals surface area contributed by atoms with E-state index >= 15 is 0 Å². The molecule has 0 saturated heterocycles. The standard InChI is InChI=1S/C20H15Cl2N3O2S2/c1-25-19(18-17(22)14-8-7-13(27-2)9-16(14)29-18)23-24-20(25)28-10-15(26)11-3-5-12(21)6-4-11/h3-9H,10H2,1-2H3. The Morgan fingerprint density at radius 1 is 1.17 bits per heavy atom. The van der Waals surface area contributed by atoms with E-state index in [1.807, 2.05) is 29.8 Å². The highest BCUT2D eigenvalue weighted by atomic mass is 35.5. The van der Waals surface area contributed by atoms with E-state index in [-0.39, 0.29) is 11.5 Å². The molecule has 2 aromatic carbocycles. The van der Waals surface area contributed by atoms with Crippen LogP contribution in [0.3, 0.4) is 0 Å². The highest BCUT2D eigenvalue weighted by Crippen LogP contribution is 2.42. The smallest absolute Gasteiger partial charge is 0.191 e. The highest BCUT2D eigenvalue weighted by molar-refractivity contribution is 7.99. The molecule has 5 nitrogen and oxygen atoms in total. The van der Waals surface area contributed by atoms with Gasteiger partial charge in [-0.15, -0.1) is 21.5 Å². The van der Waals surface area contributed by atoms with Gasteiger partial charge in [-0.2, -0.15) is 0 Å². The summed E-state index contributed by atoms with van der Waals surface area (Å²) in [6.07, 6.45) is 0. The van der Waals surface area contributed by atoms with Crippen LogP contribution in [-0.2, 0) is 7.05 Å². The fraction of sp³-hybridized carbons (Fsp3) is 0.150. The van der Waals surface area contributed by atoms with Crippen molar-refractivity contribution in [2.45, 2.75) is 5.16 Å². The first-order valence-electron chi connectivity index (χ1n) is 8.55. The van der Waals surface area contributed by atoms with Crippen molar-refractivity contribution in [3.8, 4) is 16.5 Å². The molecule has 0 saturated carbocycles. The van der Waals surface area contributed by atoms with Gasteiger partial charge in [-0.1, -0.05) is 35.0 Å². The Balaban J connectivity index is 1.57. The third-order valence-corrected chi connectivity index (χ3v) is 7.30. The number of rotatable bonds is 6. The number of hydrogen-bond acceptors (Lipinski definition) is 6. The number of carbonyl (C=O) groups excluding carboxylic acids is 1. The summed E-state index contributed by atoms with van der Waals surface area (Å²) in [7, 11) is 3.50. The number of carbonyl (C=O) groups is 1. The predicted octanol–water partition coefficient (Wildman–Crippen LogP) is 5.99. The minimum Gasteiger partial charge on any atom is -0.497 e. The zero-order valence-corrected chi connectivity index (χ0v) is 18.6. The Bertz CT molecular complexity index is 1200. The number of fused-ring (bicyclic) bond motifs is 1. The van der Waals surface area contributed by atoms with E-state index in [4.69, 9.17) is 27.9 Å². The van der Waals surface area contributed by atoms with E-state index in [1.165, 1.54) is 23.1 Å². The van der Waals surface area contributed by atoms with Crippen LogP contribution >= 0.6 is 46.3 Å². The van der Waals surface area contributed by atoms with Crippen molar-refractivity contribution in [3.05, 3.63) is 58.1 Å². The predicted molar refractivity (Wildman–Crippen MR) is 120 cm³/mol. The summed E-state index contributed by atoms with van der Waals surface area (Å²) >= 11 is 15.4.